The van der Waals surface area contributed by atoms with E-state index in [0.29, 0.717) is 23.1 Å². The summed E-state index contributed by atoms with van der Waals surface area (Å²) in [5, 5.41) is 3.38. The minimum Gasteiger partial charge on any atom is -0.454 e. The molecular weight excluding hydrogens is 244 g/mol. The Balaban J connectivity index is 1.54. The molecule has 2 atom stereocenters. The van der Waals surface area contributed by atoms with Crippen LogP contribution in [0.15, 0.2) is 18.2 Å². The molecular formula is C14H16N2O3. The molecule has 1 N–H and O–H groups in total. The summed E-state index contributed by atoms with van der Waals surface area (Å²) in [5.74, 6) is 2.74. The maximum absolute atomic E-state index is 12.5. The fourth-order valence-electron chi connectivity index (χ4n) is 3.23. The number of carbonyl (C=O) groups excluding carboxylic acids is 1. The van der Waals surface area contributed by atoms with E-state index >= 15 is 0 Å². The molecule has 5 heteroatoms. The van der Waals surface area contributed by atoms with Crippen LogP contribution in [0.3, 0.4) is 0 Å². The highest BCUT2D eigenvalue weighted by Crippen LogP contribution is 2.34. The Morgan fingerprint density at radius 2 is 1.89 bits per heavy atom. The Kier molecular flexibility index (Phi) is 2.41. The lowest BCUT2D eigenvalue weighted by molar-refractivity contribution is 0.0781. The summed E-state index contributed by atoms with van der Waals surface area (Å²) in [6.45, 7) is 4.05. The lowest BCUT2D eigenvalue weighted by Crippen LogP contribution is -2.31. The van der Waals surface area contributed by atoms with Crippen LogP contribution < -0.4 is 14.8 Å². The number of ether oxygens (including phenoxy) is 2. The lowest BCUT2D eigenvalue weighted by Gasteiger charge is -2.17. The second-order valence-corrected chi connectivity index (χ2v) is 5.46. The van der Waals surface area contributed by atoms with E-state index in [-0.39, 0.29) is 12.7 Å². The van der Waals surface area contributed by atoms with Crippen molar-refractivity contribution in [2.45, 2.75) is 0 Å². The maximum atomic E-state index is 12.5. The summed E-state index contributed by atoms with van der Waals surface area (Å²) in [6.07, 6.45) is 0. The number of hydrogen-bond acceptors (Lipinski definition) is 4. The van der Waals surface area contributed by atoms with Gasteiger partial charge in [-0.1, -0.05) is 0 Å². The molecule has 3 heterocycles. The van der Waals surface area contributed by atoms with Gasteiger partial charge in [0.05, 0.1) is 0 Å². The fraction of sp³-hybridized carbons (Fsp3) is 0.500. The molecule has 0 saturated carbocycles. The first kappa shape index (κ1) is 11.1. The molecule has 100 valence electrons. The molecule has 2 saturated heterocycles. The van der Waals surface area contributed by atoms with Gasteiger partial charge < -0.3 is 19.7 Å². The molecule has 1 aromatic carbocycles. The van der Waals surface area contributed by atoms with E-state index in [4.69, 9.17) is 9.47 Å². The molecule has 2 fully saturated rings. The molecule has 1 aromatic rings. The van der Waals surface area contributed by atoms with Gasteiger partial charge in [0.1, 0.15) is 0 Å². The van der Waals surface area contributed by atoms with Crippen LogP contribution in [0.25, 0.3) is 0 Å². The number of amides is 1. The molecule has 4 rings (SSSR count). The molecule has 0 aromatic heterocycles. The topological polar surface area (TPSA) is 50.8 Å². The average molecular weight is 260 g/mol. The van der Waals surface area contributed by atoms with Crippen LogP contribution in [-0.2, 0) is 0 Å². The number of carbonyl (C=O) groups is 1. The van der Waals surface area contributed by atoms with Crippen molar-refractivity contribution in [2.24, 2.45) is 11.8 Å². The van der Waals surface area contributed by atoms with E-state index in [0.717, 1.165) is 31.9 Å². The summed E-state index contributed by atoms with van der Waals surface area (Å²) in [6, 6.07) is 5.42. The number of benzene rings is 1. The van der Waals surface area contributed by atoms with Gasteiger partial charge in [-0.15, -0.1) is 0 Å². The van der Waals surface area contributed by atoms with Gasteiger partial charge in [0.15, 0.2) is 11.5 Å². The normalized spacial score (nSPS) is 27.7. The first-order chi connectivity index (χ1) is 9.31. The van der Waals surface area contributed by atoms with Crippen LogP contribution in [0.1, 0.15) is 10.4 Å². The van der Waals surface area contributed by atoms with Crippen molar-refractivity contribution in [1.29, 1.82) is 0 Å². The number of hydrogen-bond donors (Lipinski definition) is 1. The maximum Gasteiger partial charge on any atom is 0.254 e. The second kappa shape index (κ2) is 4.13. The van der Waals surface area contributed by atoms with Crippen LogP contribution in [0.2, 0.25) is 0 Å². The molecule has 0 radical (unpaired) electrons. The van der Waals surface area contributed by atoms with Gasteiger partial charge in [-0.05, 0) is 30.0 Å². The van der Waals surface area contributed by atoms with Crippen LogP contribution in [0.4, 0.5) is 0 Å². The largest absolute Gasteiger partial charge is 0.454 e. The van der Waals surface area contributed by atoms with Crippen molar-refractivity contribution in [1.82, 2.24) is 10.2 Å². The van der Waals surface area contributed by atoms with Crippen LogP contribution >= 0.6 is 0 Å². The zero-order valence-electron chi connectivity index (χ0n) is 10.6. The molecule has 0 spiro atoms. The van der Waals surface area contributed by atoms with Gasteiger partial charge in [-0.2, -0.15) is 0 Å². The predicted molar refractivity (Wildman–Crippen MR) is 68.3 cm³/mol. The monoisotopic (exact) mass is 260 g/mol. The summed E-state index contributed by atoms with van der Waals surface area (Å²) < 4.78 is 10.6. The van der Waals surface area contributed by atoms with E-state index < -0.39 is 0 Å². The summed E-state index contributed by atoms with van der Waals surface area (Å²) in [7, 11) is 0. The second-order valence-electron chi connectivity index (χ2n) is 5.46. The van der Waals surface area contributed by atoms with Crippen molar-refractivity contribution in [3.05, 3.63) is 23.8 Å². The Bertz CT molecular complexity index is 519. The van der Waals surface area contributed by atoms with Gasteiger partial charge >= 0.3 is 0 Å². The van der Waals surface area contributed by atoms with E-state index in [1.165, 1.54) is 0 Å². The van der Waals surface area contributed by atoms with Crippen LogP contribution in [0, 0.1) is 11.8 Å². The van der Waals surface area contributed by atoms with Gasteiger partial charge in [0, 0.05) is 31.7 Å². The third-order valence-corrected chi connectivity index (χ3v) is 4.30. The first-order valence-electron chi connectivity index (χ1n) is 6.71. The Labute approximate surface area is 111 Å². The quantitative estimate of drug-likeness (QED) is 0.808. The zero-order chi connectivity index (χ0) is 12.8. The van der Waals surface area contributed by atoms with Crippen molar-refractivity contribution in [3.8, 4) is 11.5 Å². The molecule has 3 aliphatic rings. The molecule has 5 nitrogen and oxygen atoms in total. The van der Waals surface area contributed by atoms with Crippen molar-refractivity contribution in [3.63, 3.8) is 0 Å². The molecule has 0 unspecified atom stereocenters. The fourth-order valence-corrected chi connectivity index (χ4v) is 3.23. The van der Waals surface area contributed by atoms with Crippen LogP contribution in [-0.4, -0.2) is 43.8 Å². The lowest BCUT2D eigenvalue weighted by atomic mass is 10.0. The van der Waals surface area contributed by atoms with Gasteiger partial charge in [0.2, 0.25) is 6.79 Å². The molecule has 0 bridgehead atoms. The van der Waals surface area contributed by atoms with E-state index in [9.17, 15) is 4.79 Å². The summed E-state index contributed by atoms with van der Waals surface area (Å²) in [4.78, 5) is 14.5. The Morgan fingerprint density at radius 3 is 2.68 bits per heavy atom. The number of fused-ring (bicyclic) bond motifs is 2. The van der Waals surface area contributed by atoms with E-state index in [1.54, 1.807) is 6.07 Å². The van der Waals surface area contributed by atoms with Gasteiger partial charge in [0.25, 0.3) is 5.91 Å². The van der Waals surface area contributed by atoms with E-state index in [2.05, 4.69) is 5.32 Å². The van der Waals surface area contributed by atoms with E-state index in [1.807, 2.05) is 17.0 Å². The van der Waals surface area contributed by atoms with Crippen molar-refractivity contribution in [2.75, 3.05) is 33.0 Å². The smallest absolute Gasteiger partial charge is 0.254 e. The molecule has 1 amide bonds. The number of nitrogens with zero attached hydrogens (tertiary/aromatic N) is 1. The minimum atomic E-state index is 0.104. The highest BCUT2D eigenvalue weighted by atomic mass is 16.7. The van der Waals surface area contributed by atoms with Gasteiger partial charge in [-0.3, -0.25) is 4.79 Å². The highest BCUT2D eigenvalue weighted by Gasteiger charge is 2.38. The Morgan fingerprint density at radius 1 is 1.16 bits per heavy atom. The third-order valence-electron chi connectivity index (χ3n) is 4.30. The number of nitrogens with one attached hydrogen (secondary N) is 1. The van der Waals surface area contributed by atoms with Crippen LogP contribution in [0.5, 0.6) is 11.5 Å². The minimum absolute atomic E-state index is 0.104. The number of likely N-dealkylation sites (tertiary alicyclic amines) is 1. The summed E-state index contributed by atoms with van der Waals surface area (Å²) >= 11 is 0. The average Bonchev–Trinajstić information content (AvgIpc) is 3.11. The molecule has 0 aliphatic carbocycles. The zero-order valence-corrected chi connectivity index (χ0v) is 10.6. The Hall–Kier alpha value is -1.75. The predicted octanol–water partition coefficient (Wildman–Crippen LogP) is 0.707. The van der Waals surface area contributed by atoms with Crippen molar-refractivity contribution < 1.29 is 14.3 Å². The summed E-state index contributed by atoms with van der Waals surface area (Å²) in [5.41, 5.74) is 0.692. The number of rotatable bonds is 1. The molecule has 19 heavy (non-hydrogen) atoms. The van der Waals surface area contributed by atoms with Gasteiger partial charge in [-0.25, -0.2) is 0 Å². The van der Waals surface area contributed by atoms with Crippen molar-refractivity contribution >= 4 is 5.91 Å². The standard InChI is InChI=1S/C14H16N2O3/c17-14(16-6-10-4-15-5-11(10)7-16)9-1-2-12-13(3-9)19-8-18-12/h1-3,10-11,15H,4-8H2/t10-,11+. The highest BCUT2D eigenvalue weighted by molar-refractivity contribution is 5.95. The molecule has 3 aliphatic heterocycles. The first-order valence-corrected chi connectivity index (χ1v) is 6.71. The third kappa shape index (κ3) is 1.76. The SMILES string of the molecule is O=C(c1ccc2c(c1)OCO2)N1C[C@H]2CNC[C@H]2C1.